The van der Waals surface area contributed by atoms with Crippen molar-refractivity contribution in [2.45, 2.75) is 32.2 Å². The van der Waals surface area contributed by atoms with Crippen LogP contribution in [0.2, 0.25) is 10.0 Å². The van der Waals surface area contributed by atoms with E-state index in [4.69, 9.17) is 33.4 Å². The van der Waals surface area contributed by atoms with Crippen molar-refractivity contribution in [2.24, 2.45) is 11.7 Å². The van der Waals surface area contributed by atoms with Gasteiger partial charge in [0.25, 0.3) is 0 Å². The predicted octanol–water partition coefficient (Wildman–Crippen LogP) is 4.62. The van der Waals surface area contributed by atoms with Crippen LogP contribution in [0.25, 0.3) is 11.3 Å². The van der Waals surface area contributed by atoms with Crippen LogP contribution in [0.15, 0.2) is 28.8 Å². The Kier molecular flexibility index (Phi) is 9.39. The van der Waals surface area contributed by atoms with Crippen molar-refractivity contribution in [1.82, 2.24) is 9.88 Å². The van der Waals surface area contributed by atoms with Gasteiger partial charge in [-0.05, 0) is 44.0 Å². The molecule has 2 unspecified atom stereocenters. The molecule has 1 amide bonds. The average molecular weight is 455 g/mol. The molecule has 2 aromatic rings. The first-order chi connectivity index (χ1) is 12.0. The van der Waals surface area contributed by atoms with Crippen molar-refractivity contribution in [3.63, 3.8) is 0 Å². The summed E-state index contributed by atoms with van der Waals surface area (Å²) in [6.07, 6.45) is 3.43. The second-order valence-corrected chi connectivity index (χ2v) is 7.32. The predicted molar refractivity (Wildman–Crippen MR) is 113 cm³/mol. The smallest absolute Gasteiger partial charge is 0.223 e. The van der Waals surface area contributed by atoms with E-state index >= 15 is 0 Å². The first-order valence-electron chi connectivity index (χ1n) is 8.37. The number of benzene rings is 1. The highest BCUT2D eigenvalue weighted by molar-refractivity contribution is 6.36. The number of aromatic nitrogens is 1. The summed E-state index contributed by atoms with van der Waals surface area (Å²) in [5, 5.41) is 1.07. The maximum absolute atomic E-state index is 12.4. The maximum Gasteiger partial charge on any atom is 0.223 e. The Morgan fingerprint density at radius 2 is 2.11 bits per heavy atom. The van der Waals surface area contributed by atoms with E-state index in [0.29, 0.717) is 47.0 Å². The summed E-state index contributed by atoms with van der Waals surface area (Å²) in [6, 6.07) is 5.44. The average Bonchev–Trinajstić information content (AvgIpc) is 3.19. The molecule has 27 heavy (non-hydrogen) atoms. The zero-order chi connectivity index (χ0) is 18.0. The highest BCUT2D eigenvalue weighted by Gasteiger charge is 2.31. The highest BCUT2D eigenvalue weighted by Crippen LogP contribution is 2.31. The molecule has 0 saturated carbocycles. The van der Waals surface area contributed by atoms with Gasteiger partial charge >= 0.3 is 0 Å². The maximum atomic E-state index is 12.4. The van der Waals surface area contributed by atoms with E-state index < -0.39 is 0 Å². The van der Waals surface area contributed by atoms with Gasteiger partial charge < -0.3 is 15.1 Å². The summed E-state index contributed by atoms with van der Waals surface area (Å²) < 4.78 is 5.74. The number of aryl methyl sites for hydroxylation is 1. The van der Waals surface area contributed by atoms with Gasteiger partial charge in [0.15, 0.2) is 11.7 Å². The Labute approximate surface area is 181 Å². The Bertz CT molecular complexity index is 769. The van der Waals surface area contributed by atoms with Gasteiger partial charge in [0.2, 0.25) is 5.91 Å². The summed E-state index contributed by atoms with van der Waals surface area (Å²) in [7, 11) is 0. The molecule has 0 aliphatic carbocycles. The molecule has 1 saturated heterocycles. The zero-order valence-corrected chi connectivity index (χ0v) is 18.0. The number of likely N-dealkylation sites (tertiary alicyclic amines) is 1. The Morgan fingerprint density at radius 3 is 2.74 bits per heavy atom. The molecule has 150 valence electrons. The molecule has 0 radical (unpaired) electrons. The van der Waals surface area contributed by atoms with Gasteiger partial charge in [-0.1, -0.05) is 23.2 Å². The summed E-state index contributed by atoms with van der Waals surface area (Å²) in [6.45, 7) is 3.44. The minimum Gasteiger partial charge on any atom is -0.441 e. The molecule has 0 bridgehead atoms. The van der Waals surface area contributed by atoms with E-state index in [9.17, 15) is 4.79 Å². The molecule has 1 fully saturated rings. The summed E-state index contributed by atoms with van der Waals surface area (Å²) in [5.41, 5.74) is 6.45. The van der Waals surface area contributed by atoms with Gasteiger partial charge in [0.05, 0.1) is 11.2 Å². The molecule has 3 rings (SSSR count). The van der Waals surface area contributed by atoms with Gasteiger partial charge in [0, 0.05) is 36.0 Å². The van der Waals surface area contributed by atoms with Crippen LogP contribution >= 0.6 is 48.0 Å². The van der Waals surface area contributed by atoms with Crippen molar-refractivity contribution in [3.8, 4) is 11.3 Å². The van der Waals surface area contributed by atoms with E-state index in [2.05, 4.69) is 11.9 Å². The van der Waals surface area contributed by atoms with Crippen molar-refractivity contribution in [2.75, 3.05) is 13.1 Å². The molecule has 9 heteroatoms. The fourth-order valence-electron chi connectivity index (χ4n) is 3.26. The van der Waals surface area contributed by atoms with E-state index in [-0.39, 0.29) is 36.8 Å². The van der Waals surface area contributed by atoms with Gasteiger partial charge in [0.1, 0.15) is 0 Å². The molecule has 1 aliphatic heterocycles. The standard InChI is InChI=1S/C18H21Cl2N3O2.2ClH/c1-11-6-12(8-21)10-23(11)18(24)5-4-17-22-9-16(25-17)14-3-2-13(19)7-15(14)20;;/h2-3,7,9,11-12H,4-6,8,10,21H2,1H3;2*1H. The van der Waals surface area contributed by atoms with Crippen molar-refractivity contribution in [1.29, 1.82) is 0 Å². The molecule has 5 nitrogen and oxygen atoms in total. The first-order valence-corrected chi connectivity index (χ1v) is 9.13. The van der Waals surface area contributed by atoms with E-state index in [0.717, 1.165) is 18.5 Å². The number of nitrogens with two attached hydrogens (primary N) is 1. The second kappa shape index (κ2) is 10.5. The van der Waals surface area contributed by atoms with Crippen LogP contribution in [0.5, 0.6) is 0 Å². The third-order valence-corrected chi connectivity index (χ3v) is 5.17. The van der Waals surface area contributed by atoms with Crippen LogP contribution in [-0.2, 0) is 11.2 Å². The lowest BCUT2D eigenvalue weighted by Gasteiger charge is -2.21. The SMILES string of the molecule is CC1CC(CN)CN1C(=O)CCc1ncc(-c2ccc(Cl)cc2Cl)o1.Cl.Cl. The van der Waals surface area contributed by atoms with Gasteiger partial charge in [-0.25, -0.2) is 4.98 Å². The molecule has 1 aromatic carbocycles. The van der Waals surface area contributed by atoms with Crippen LogP contribution in [0.4, 0.5) is 0 Å². The zero-order valence-electron chi connectivity index (χ0n) is 14.9. The number of nitrogens with zero attached hydrogens (tertiary/aromatic N) is 2. The molecular weight excluding hydrogens is 432 g/mol. The quantitative estimate of drug-likeness (QED) is 0.715. The number of oxazole rings is 1. The van der Waals surface area contributed by atoms with Gasteiger partial charge in [-0.3, -0.25) is 4.79 Å². The molecular formula is C18H23Cl4N3O2. The molecule has 1 aliphatic rings. The van der Waals surface area contributed by atoms with Crippen molar-refractivity contribution < 1.29 is 9.21 Å². The number of amides is 1. The molecule has 2 atom stereocenters. The lowest BCUT2D eigenvalue weighted by atomic mass is 10.1. The third-order valence-electron chi connectivity index (χ3n) is 4.62. The number of hydrogen-bond acceptors (Lipinski definition) is 4. The minimum atomic E-state index is 0. The largest absolute Gasteiger partial charge is 0.441 e. The van der Waals surface area contributed by atoms with Gasteiger partial charge in [-0.15, -0.1) is 24.8 Å². The monoisotopic (exact) mass is 453 g/mol. The Hall–Kier alpha value is -0.980. The Balaban J connectivity index is 0.00000182. The van der Waals surface area contributed by atoms with Crippen molar-refractivity contribution >= 4 is 53.9 Å². The first kappa shape index (κ1) is 24.1. The normalized spacial score (nSPS) is 18.7. The summed E-state index contributed by atoms with van der Waals surface area (Å²) in [5.74, 6) is 1.62. The molecule has 2 N–H and O–H groups in total. The highest BCUT2D eigenvalue weighted by atomic mass is 35.5. The summed E-state index contributed by atoms with van der Waals surface area (Å²) >= 11 is 12.1. The lowest BCUT2D eigenvalue weighted by Crippen LogP contribution is -2.34. The molecule has 0 spiro atoms. The number of carbonyl (C=O) groups is 1. The fourth-order valence-corrected chi connectivity index (χ4v) is 3.76. The van der Waals surface area contributed by atoms with E-state index in [1.807, 2.05) is 4.90 Å². The van der Waals surface area contributed by atoms with Crippen LogP contribution in [0, 0.1) is 5.92 Å². The minimum absolute atomic E-state index is 0. The summed E-state index contributed by atoms with van der Waals surface area (Å²) in [4.78, 5) is 18.6. The Morgan fingerprint density at radius 1 is 1.37 bits per heavy atom. The third kappa shape index (κ3) is 5.75. The molecule has 1 aromatic heterocycles. The lowest BCUT2D eigenvalue weighted by molar-refractivity contribution is -0.131. The number of halogens is 4. The van der Waals surface area contributed by atoms with Crippen LogP contribution in [0.1, 0.15) is 25.7 Å². The van der Waals surface area contributed by atoms with Crippen molar-refractivity contribution in [3.05, 3.63) is 40.3 Å². The number of carbonyl (C=O) groups excluding carboxylic acids is 1. The second-order valence-electron chi connectivity index (χ2n) is 6.47. The van der Waals surface area contributed by atoms with Crippen LogP contribution in [-0.4, -0.2) is 34.9 Å². The van der Waals surface area contributed by atoms with Crippen LogP contribution in [0.3, 0.4) is 0 Å². The molecule has 2 heterocycles. The topological polar surface area (TPSA) is 72.4 Å². The number of rotatable bonds is 5. The van der Waals surface area contributed by atoms with Gasteiger partial charge in [-0.2, -0.15) is 0 Å². The number of hydrogen-bond donors (Lipinski definition) is 1. The van der Waals surface area contributed by atoms with Crippen LogP contribution < -0.4 is 5.73 Å². The van der Waals surface area contributed by atoms with E-state index in [1.165, 1.54) is 0 Å². The fraction of sp³-hybridized carbons (Fsp3) is 0.444. The van der Waals surface area contributed by atoms with E-state index in [1.54, 1.807) is 24.4 Å².